The normalized spacial score (nSPS) is 12.0. The van der Waals surface area contributed by atoms with Gasteiger partial charge in [-0.2, -0.15) is 0 Å². The van der Waals surface area contributed by atoms with Gasteiger partial charge in [-0.1, -0.05) is 12.1 Å². The van der Waals surface area contributed by atoms with Crippen molar-refractivity contribution in [2.75, 3.05) is 26.9 Å². The Hall–Kier alpha value is -1.59. The topological polar surface area (TPSA) is 67.8 Å². The molecule has 0 bridgehead atoms. The Labute approximate surface area is 119 Å². The van der Waals surface area contributed by atoms with Crippen molar-refractivity contribution in [3.8, 4) is 5.75 Å². The molecular weight excluding hydrogens is 258 g/mol. The van der Waals surface area contributed by atoms with Crippen LogP contribution >= 0.6 is 0 Å². The Kier molecular flexibility index (Phi) is 7.04. The fourth-order valence-electron chi connectivity index (χ4n) is 1.71. The summed E-state index contributed by atoms with van der Waals surface area (Å²) >= 11 is 0. The molecule has 0 radical (unpaired) electrons. The van der Waals surface area contributed by atoms with E-state index in [0.717, 1.165) is 16.9 Å². The number of aliphatic hydroxyl groups excluding tert-OH is 1. The number of ether oxygens (including phenoxy) is 2. The largest absolute Gasteiger partial charge is 0.493 e. The van der Waals surface area contributed by atoms with E-state index in [1.807, 2.05) is 32.0 Å². The van der Waals surface area contributed by atoms with Gasteiger partial charge >= 0.3 is 0 Å². The second-order valence-corrected chi connectivity index (χ2v) is 4.71. The first-order valence-electron chi connectivity index (χ1n) is 6.67. The molecule has 1 aromatic rings. The number of amides is 1. The number of aryl methyl sites for hydroxylation is 1. The lowest BCUT2D eigenvalue weighted by Crippen LogP contribution is -2.34. The van der Waals surface area contributed by atoms with Crippen LogP contribution in [0.2, 0.25) is 0 Å². The molecule has 0 aliphatic heterocycles. The first-order valence-corrected chi connectivity index (χ1v) is 6.67. The van der Waals surface area contributed by atoms with Gasteiger partial charge in [-0.3, -0.25) is 4.79 Å². The number of carbonyl (C=O) groups excluding carboxylic acids is 1. The molecule has 1 rings (SSSR count). The number of benzene rings is 1. The Morgan fingerprint density at radius 2 is 2.15 bits per heavy atom. The van der Waals surface area contributed by atoms with Crippen LogP contribution in [-0.2, 0) is 9.53 Å². The molecule has 20 heavy (non-hydrogen) atoms. The minimum Gasteiger partial charge on any atom is -0.493 e. The highest BCUT2D eigenvalue weighted by Gasteiger charge is 2.07. The van der Waals surface area contributed by atoms with Crippen molar-refractivity contribution in [1.82, 2.24) is 5.32 Å². The Morgan fingerprint density at radius 3 is 2.85 bits per heavy atom. The standard InChI is InChI=1S/C15H23NO4/c1-11-5-4-6-14(12(11)2)20-8-7-15(18)16-9-13(17)10-19-3/h4-6,13,17H,7-10H2,1-3H3,(H,16,18). The zero-order valence-corrected chi connectivity index (χ0v) is 12.3. The summed E-state index contributed by atoms with van der Waals surface area (Å²) in [4.78, 5) is 11.6. The molecule has 1 unspecified atom stereocenters. The first kappa shape index (κ1) is 16.5. The molecule has 1 amide bonds. The van der Waals surface area contributed by atoms with Crippen LogP contribution in [0.4, 0.5) is 0 Å². The second-order valence-electron chi connectivity index (χ2n) is 4.71. The number of aliphatic hydroxyl groups is 1. The van der Waals surface area contributed by atoms with Gasteiger partial charge in [-0.05, 0) is 31.0 Å². The van der Waals surface area contributed by atoms with E-state index < -0.39 is 6.10 Å². The number of hydrogen-bond donors (Lipinski definition) is 2. The van der Waals surface area contributed by atoms with Crippen molar-refractivity contribution in [1.29, 1.82) is 0 Å². The van der Waals surface area contributed by atoms with E-state index in [-0.39, 0.29) is 25.5 Å². The van der Waals surface area contributed by atoms with Gasteiger partial charge in [0.1, 0.15) is 5.75 Å². The van der Waals surface area contributed by atoms with E-state index >= 15 is 0 Å². The molecule has 0 aromatic heterocycles. The van der Waals surface area contributed by atoms with Crippen molar-refractivity contribution >= 4 is 5.91 Å². The summed E-state index contributed by atoms with van der Waals surface area (Å²) in [5, 5.41) is 12.0. The van der Waals surface area contributed by atoms with E-state index in [0.29, 0.717) is 6.61 Å². The lowest BCUT2D eigenvalue weighted by molar-refractivity contribution is -0.122. The maximum Gasteiger partial charge on any atom is 0.223 e. The second kappa shape index (κ2) is 8.55. The summed E-state index contributed by atoms with van der Waals surface area (Å²) in [6, 6.07) is 5.84. The van der Waals surface area contributed by atoms with Crippen molar-refractivity contribution in [2.45, 2.75) is 26.4 Å². The maximum atomic E-state index is 11.6. The summed E-state index contributed by atoms with van der Waals surface area (Å²) < 4.78 is 10.4. The monoisotopic (exact) mass is 281 g/mol. The molecule has 0 heterocycles. The molecule has 0 fully saturated rings. The van der Waals surface area contributed by atoms with E-state index in [1.165, 1.54) is 7.11 Å². The number of rotatable bonds is 8. The fraction of sp³-hybridized carbons (Fsp3) is 0.533. The third-order valence-electron chi connectivity index (χ3n) is 3.04. The highest BCUT2D eigenvalue weighted by molar-refractivity contribution is 5.76. The summed E-state index contributed by atoms with van der Waals surface area (Å²) in [6.07, 6.45) is -0.420. The van der Waals surface area contributed by atoms with Crippen LogP contribution in [0, 0.1) is 13.8 Å². The van der Waals surface area contributed by atoms with Gasteiger partial charge in [-0.15, -0.1) is 0 Å². The number of methoxy groups -OCH3 is 1. The summed E-state index contributed by atoms with van der Waals surface area (Å²) in [6.45, 7) is 4.73. The van der Waals surface area contributed by atoms with Crippen molar-refractivity contribution in [3.63, 3.8) is 0 Å². The number of carbonyl (C=O) groups is 1. The zero-order chi connectivity index (χ0) is 15.0. The lowest BCUT2D eigenvalue weighted by Gasteiger charge is -2.12. The van der Waals surface area contributed by atoms with Gasteiger partial charge in [0.05, 0.1) is 25.7 Å². The lowest BCUT2D eigenvalue weighted by atomic mass is 10.1. The molecule has 0 saturated heterocycles. The van der Waals surface area contributed by atoms with Gasteiger partial charge in [0.15, 0.2) is 0 Å². The van der Waals surface area contributed by atoms with E-state index in [2.05, 4.69) is 5.32 Å². The third kappa shape index (κ3) is 5.59. The molecule has 0 spiro atoms. The third-order valence-corrected chi connectivity index (χ3v) is 3.04. The minimum atomic E-state index is -0.677. The van der Waals surface area contributed by atoms with Gasteiger partial charge < -0.3 is 19.9 Å². The van der Waals surface area contributed by atoms with Crippen LogP contribution in [-0.4, -0.2) is 44.0 Å². The zero-order valence-electron chi connectivity index (χ0n) is 12.3. The van der Waals surface area contributed by atoms with Gasteiger partial charge in [0.25, 0.3) is 0 Å². The van der Waals surface area contributed by atoms with Crippen molar-refractivity contribution in [3.05, 3.63) is 29.3 Å². The highest BCUT2D eigenvalue weighted by atomic mass is 16.5. The Balaban J connectivity index is 2.26. The maximum absolute atomic E-state index is 11.6. The SMILES string of the molecule is COCC(O)CNC(=O)CCOc1cccc(C)c1C. The first-order chi connectivity index (χ1) is 9.54. The molecule has 1 atom stereocenters. The van der Waals surface area contributed by atoms with Gasteiger partial charge in [0.2, 0.25) is 5.91 Å². The average Bonchev–Trinajstić information content (AvgIpc) is 2.41. The summed E-state index contributed by atoms with van der Waals surface area (Å²) in [5.74, 6) is 0.655. The van der Waals surface area contributed by atoms with Crippen LogP contribution in [0.3, 0.4) is 0 Å². The fourth-order valence-corrected chi connectivity index (χ4v) is 1.71. The molecule has 0 aliphatic carbocycles. The average molecular weight is 281 g/mol. The van der Waals surface area contributed by atoms with E-state index in [1.54, 1.807) is 0 Å². The summed E-state index contributed by atoms with van der Waals surface area (Å²) in [5.41, 5.74) is 2.25. The molecular formula is C15H23NO4. The molecule has 112 valence electrons. The smallest absolute Gasteiger partial charge is 0.223 e. The summed E-state index contributed by atoms with van der Waals surface area (Å²) in [7, 11) is 1.50. The van der Waals surface area contributed by atoms with Gasteiger partial charge in [0, 0.05) is 13.7 Å². The van der Waals surface area contributed by atoms with Crippen LogP contribution in [0.1, 0.15) is 17.5 Å². The molecule has 0 aliphatic rings. The predicted octanol–water partition coefficient (Wildman–Crippen LogP) is 1.20. The molecule has 1 aromatic carbocycles. The van der Waals surface area contributed by atoms with Crippen LogP contribution in [0.25, 0.3) is 0 Å². The van der Waals surface area contributed by atoms with Crippen LogP contribution < -0.4 is 10.1 Å². The molecule has 0 saturated carbocycles. The van der Waals surface area contributed by atoms with Crippen molar-refractivity contribution in [2.24, 2.45) is 0 Å². The number of hydrogen-bond acceptors (Lipinski definition) is 4. The molecule has 5 nitrogen and oxygen atoms in total. The van der Waals surface area contributed by atoms with Gasteiger partial charge in [-0.25, -0.2) is 0 Å². The van der Waals surface area contributed by atoms with E-state index in [4.69, 9.17) is 9.47 Å². The van der Waals surface area contributed by atoms with Crippen LogP contribution in [0.15, 0.2) is 18.2 Å². The quantitative estimate of drug-likeness (QED) is 0.751. The van der Waals surface area contributed by atoms with Crippen molar-refractivity contribution < 1.29 is 19.4 Å². The minimum absolute atomic E-state index is 0.148. The van der Waals surface area contributed by atoms with Crippen LogP contribution in [0.5, 0.6) is 5.75 Å². The Bertz CT molecular complexity index is 434. The predicted molar refractivity (Wildman–Crippen MR) is 76.9 cm³/mol. The molecule has 2 N–H and O–H groups in total. The van der Waals surface area contributed by atoms with E-state index in [9.17, 15) is 9.90 Å². The highest BCUT2D eigenvalue weighted by Crippen LogP contribution is 2.20. The number of nitrogens with one attached hydrogen (secondary N) is 1. The molecule has 5 heteroatoms. The Morgan fingerprint density at radius 1 is 1.40 bits per heavy atom.